The number of ether oxygens (including phenoxy) is 1. The molecule has 120 valence electrons. The summed E-state index contributed by atoms with van der Waals surface area (Å²) in [7, 11) is 1.72. The fourth-order valence-corrected chi connectivity index (χ4v) is 1.36. The van der Waals surface area contributed by atoms with Crippen LogP contribution in [0.15, 0.2) is 0 Å². The number of carbonyl (C=O) groups is 1. The summed E-state index contributed by atoms with van der Waals surface area (Å²) >= 11 is 0. The third kappa shape index (κ3) is 11.1. The first-order valence-corrected chi connectivity index (χ1v) is 6.73. The summed E-state index contributed by atoms with van der Waals surface area (Å²) in [5, 5.41) is 4.24. The van der Waals surface area contributed by atoms with E-state index in [2.05, 4.69) is 10.7 Å². The minimum atomic E-state index is -0.112. The van der Waals surface area contributed by atoms with Crippen LogP contribution in [0.5, 0.6) is 0 Å². The van der Waals surface area contributed by atoms with Crippen molar-refractivity contribution in [1.82, 2.24) is 15.8 Å². The molecule has 8 nitrogen and oxygen atoms in total. The molecule has 8 heteroatoms. The van der Waals surface area contributed by atoms with Crippen molar-refractivity contribution in [1.29, 1.82) is 0 Å². The molecule has 20 heavy (non-hydrogen) atoms. The highest BCUT2D eigenvalue weighted by molar-refractivity contribution is 5.77. The van der Waals surface area contributed by atoms with Gasteiger partial charge in [0.05, 0.1) is 19.8 Å². The van der Waals surface area contributed by atoms with Crippen molar-refractivity contribution < 1.29 is 14.4 Å². The normalized spacial score (nSPS) is 11.9. The van der Waals surface area contributed by atoms with Crippen LogP contribution in [0.2, 0.25) is 0 Å². The summed E-state index contributed by atoms with van der Waals surface area (Å²) in [4.78, 5) is 17.1. The first kappa shape index (κ1) is 19.2. The zero-order valence-electron chi connectivity index (χ0n) is 12.8. The summed E-state index contributed by atoms with van der Waals surface area (Å²) < 4.78 is 5.15. The summed E-state index contributed by atoms with van der Waals surface area (Å²) in [6.45, 7) is 7.24. The average Bonchev–Trinajstić information content (AvgIpc) is 2.36. The molecule has 0 saturated carbocycles. The minimum absolute atomic E-state index is 0.102. The van der Waals surface area contributed by atoms with E-state index < -0.39 is 0 Å². The van der Waals surface area contributed by atoms with Gasteiger partial charge in [0.2, 0.25) is 5.91 Å². The SMILES string of the molecule is CN(CC(=O)NCCOCCN)OCC(C)(C)CNN. The second kappa shape index (κ2) is 11.0. The lowest BCUT2D eigenvalue weighted by Crippen LogP contribution is -2.41. The first-order chi connectivity index (χ1) is 9.41. The van der Waals surface area contributed by atoms with Crippen LogP contribution >= 0.6 is 0 Å². The predicted octanol–water partition coefficient (Wildman–Crippen LogP) is -1.57. The van der Waals surface area contributed by atoms with Crippen LogP contribution < -0.4 is 22.3 Å². The van der Waals surface area contributed by atoms with Crippen molar-refractivity contribution in [2.45, 2.75) is 13.8 Å². The zero-order chi connectivity index (χ0) is 15.4. The fourth-order valence-electron chi connectivity index (χ4n) is 1.36. The van der Waals surface area contributed by atoms with E-state index in [1.165, 1.54) is 5.06 Å². The lowest BCUT2D eigenvalue weighted by molar-refractivity contribution is -0.169. The number of rotatable bonds is 12. The van der Waals surface area contributed by atoms with Gasteiger partial charge in [0.15, 0.2) is 0 Å². The quantitative estimate of drug-likeness (QED) is 0.195. The number of hydrogen-bond acceptors (Lipinski definition) is 7. The lowest BCUT2D eigenvalue weighted by Gasteiger charge is -2.26. The molecule has 0 radical (unpaired) electrons. The number of hydrazine groups is 1. The average molecular weight is 291 g/mol. The van der Waals surface area contributed by atoms with E-state index in [0.717, 1.165) is 0 Å². The van der Waals surface area contributed by atoms with Crippen LogP contribution in [0.3, 0.4) is 0 Å². The van der Waals surface area contributed by atoms with Crippen LogP contribution in [-0.4, -0.2) is 64.0 Å². The maximum atomic E-state index is 11.6. The number of hydroxylamine groups is 2. The monoisotopic (exact) mass is 291 g/mol. The van der Waals surface area contributed by atoms with Gasteiger partial charge in [-0.2, -0.15) is 5.06 Å². The molecule has 0 atom stereocenters. The third-order valence-electron chi connectivity index (χ3n) is 2.45. The molecule has 0 rings (SSSR count). The molecule has 0 unspecified atom stereocenters. The summed E-state index contributed by atoms with van der Waals surface area (Å²) in [5.41, 5.74) is 7.79. The Kier molecular flexibility index (Phi) is 10.5. The molecule has 0 bridgehead atoms. The number of nitrogens with two attached hydrogens (primary N) is 2. The van der Waals surface area contributed by atoms with E-state index in [0.29, 0.717) is 39.5 Å². The summed E-state index contributed by atoms with van der Waals surface area (Å²) in [6, 6.07) is 0. The van der Waals surface area contributed by atoms with Crippen LogP contribution in [0, 0.1) is 5.41 Å². The van der Waals surface area contributed by atoms with Crippen molar-refractivity contribution in [2.24, 2.45) is 17.0 Å². The van der Waals surface area contributed by atoms with Crippen molar-refractivity contribution >= 4 is 5.91 Å². The fraction of sp³-hybridized carbons (Fsp3) is 0.917. The van der Waals surface area contributed by atoms with Crippen LogP contribution in [0.1, 0.15) is 13.8 Å². The van der Waals surface area contributed by atoms with Crippen molar-refractivity contribution in [2.75, 3.05) is 53.0 Å². The second-order valence-corrected chi connectivity index (χ2v) is 5.36. The van der Waals surface area contributed by atoms with E-state index in [1.807, 2.05) is 13.8 Å². The van der Waals surface area contributed by atoms with Gasteiger partial charge in [-0.05, 0) is 0 Å². The van der Waals surface area contributed by atoms with E-state index in [4.69, 9.17) is 21.2 Å². The molecular weight excluding hydrogens is 262 g/mol. The standard InChI is InChI=1S/C12H29N5O3/c1-12(2,9-16-14)10-20-17(3)8-11(18)15-5-7-19-6-4-13/h16H,4-10,13-14H2,1-3H3,(H,15,18). The van der Waals surface area contributed by atoms with Crippen LogP contribution in [0.4, 0.5) is 0 Å². The van der Waals surface area contributed by atoms with Gasteiger partial charge in [0.25, 0.3) is 0 Å². The highest BCUT2D eigenvalue weighted by Gasteiger charge is 2.19. The number of likely N-dealkylation sites (N-methyl/N-ethyl adjacent to an activating group) is 1. The highest BCUT2D eigenvalue weighted by atomic mass is 16.7. The minimum Gasteiger partial charge on any atom is -0.378 e. The number of nitrogens with zero attached hydrogens (tertiary/aromatic N) is 1. The topological polar surface area (TPSA) is 115 Å². The Morgan fingerprint density at radius 2 is 2.05 bits per heavy atom. The molecular formula is C12H29N5O3. The Bertz CT molecular complexity index is 263. The number of amides is 1. The Labute approximate surface area is 121 Å². The van der Waals surface area contributed by atoms with E-state index in [1.54, 1.807) is 7.05 Å². The predicted molar refractivity (Wildman–Crippen MR) is 77.4 cm³/mol. The number of nitrogens with one attached hydrogen (secondary N) is 2. The molecule has 1 amide bonds. The van der Waals surface area contributed by atoms with Crippen molar-refractivity contribution in [3.63, 3.8) is 0 Å². The zero-order valence-corrected chi connectivity index (χ0v) is 12.8. The molecule has 0 saturated heterocycles. The number of carbonyl (C=O) groups excluding carboxylic acids is 1. The maximum absolute atomic E-state index is 11.6. The molecule has 0 aromatic carbocycles. The van der Waals surface area contributed by atoms with Gasteiger partial charge in [0.1, 0.15) is 6.54 Å². The largest absolute Gasteiger partial charge is 0.378 e. The Morgan fingerprint density at radius 3 is 2.65 bits per heavy atom. The summed E-state index contributed by atoms with van der Waals surface area (Å²) in [6.07, 6.45) is 0. The van der Waals surface area contributed by atoms with Gasteiger partial charge in [-0.15, -0.1) is 0 Å². The van der Waals surface area contributed by atoms with E-state index in [9.17, 15) is 4.79 Å². The molecule has 0 aliphatic carbocycles. The van der Waals surface area contributed by atoms with E-state index >= 15 is 0 Å². The van der Waals surface area contributed by atoms with Gasteiger partial charge in [0, 0.05) is 32.1 Å². The highest BCUT2D eigenvalue weighted by Crippen LogP contribution is 2.13. The molecule has 0 fully saturated rings. The molecule has 0 aliphatic heterocycles. The van der Waals surface area contributed by atoms with Crippen LogP contribution in [0.25, 0.3) is 0 Å². The molecule has 0 aliphatic rings. The Morgan fingerprint density at radius 1 is 1.35 bits per heavy atom. The first-order valence-electron chi connectivity index (χ1n) is 6.73. The maximum Gasteiger partial charge on any atom is 0.236 e. The number of hydrogen-bond donors (Lipinski definition) is 4. The third-order valence-corrected chi connectivity index (χ3v) is 2.45. The Balaban J connectivity index is 3.69. The van der Waals surface area contributed by atoms with Gasteiger partial charge >= 0.3 is 0 Å². The Hall–Kier alpha value is -0.770. The van der Waals surface area contributed by atoms with Gasteiger partial charge in [-0.25, -0.2) is 0 Å². The smallest absolute Gasteiger partial charge is 0.236 e. The lowest BCUT2D eigenvalue weighted by atomic mass is 9.95. The van der Waals surface area contributed by atoms with Gasteiger partial charge in [-0.1, -0.05) is 13.8 Å². The molecule has 0 heterocycles. The van der Waals surface area contributed by atoms with Gasteiger partial charge < -0.3 is 15.8 Å². The summed E-state index contributed by atoms with van der Waals surface area (Å²) in [5.74, 6) is 5.18. The van der Waals surface area contributed by atoms with E-state index in [-0.39, 0.29) is 17.9 Å². The molecule has 0 spiro atoms. The van der Waals surface area contributed by atoms with Crippen LogP contribution in [-0.2, 0) is 14.4 Å². The molecule has 0 aromatic rings. The van der Waals surface area contributed by atoms with Crippen molar-refractivity contribution in [3.05, 3.63) is 0 Å². The second-order valence-electron chi connectivity index (χ2n) is 5.36. The molecule has 0 aromatic heterocycles. The van der Waals surface area contributed by atoms with Gasteiger partial charge in [-0.3, -0.25) is 20.9 Å². The molecule has 6 N–H and O–H groups in total. The van der Waals surface area contributed by atoms with Crippen molar-refractivity contribution in [3.8, 4) is 0 Å².